The number of likely N-dealkylation sites (tertiary alicyclic amines) is 1. The second kappa shape index (κ2) is 5.93. The quantitative estimate of drug-likeness (QED) is 0.866. The van der Waals surface area contributed by atoms with E-state index in [9.17, 15) is 14.0 Å². The Morgan fingerprint density at radius 2 is 1.81 bits per heavy atom. The third kappa shape index (κ3) is 3.47. The molecule has 2 rings (SSSR count). The molecule has 1 N–H and O–H groups in total. The first-order valence-electron chi connectivity index (χ1n) is 7.09. The highest BCUT2D eigenvalue weighted by atomic mass is 19.1. The van der Waals surface area contributed by atoms with Crippen molar-refractivity contribution in [3.63, 3.8) is 0 Å². The molecule has 1 aromatic rings. The zero-order valence-electron chi connectivity index (χ0n) is 12.6. The summed E-state index contributed by atoms with van der Waals surface area (Å²) in [5.74, 6) is -0.713. The van der Waals surface area contributed by atoms with Gasteiger partial charge in [0.05, 0.1) is 6.04 Å². The topological polar surface area (TPSA) is 49.4 Å². The average Bonchev–Trinajstić information content (AvgIpc) is 2.38. The Labute approximate surface area is 124 Å². The molecule has 21 heavy (non-hydrogen) atoms. The number of halogens is 1. The molecule has 1 aliphatic rings. The molecule has 1 atom stereocenters. The molecule has 1 heterocycles. The normalized spacial score (nSPS) is 19.7. The van der Waals surface area contributed by atoms with Gasteiger partial charge in [-0.3, -0.25) is 14.5 Å². The molecule has 114 valence electrons. The number of carbonyl (C=O) groups excluding carboxylic acids is 2. The molecule has 1 saturated heterocycles. The van der Waals surface area contributed by atoms with Crippen LogP contribution in [0.5, 0.6) is 0 Å². The van der Waals surface area contributed by atoms with Crippen molar-refractivity contribution in [2.24, 2.45) is 5.41 Å². The van der Waals surface area contributed by atoms with Crippen molar-refractivity contribution in [2.75, 3.05) is 13.6 Å². The van der Waals surface area contributed by atoms with Crippen molar-refractivity contribution < 1.29 is 14.0 Å². The van der Waals surface area contributed by atoms with Crippen molar-refractivity contribution >= 4 is 11.8 Å². The van der Waals surface area contributed by atoms with E-state index in [-0.39, 0.29) is 29.6 Å². The number of rotatable bonds is 4. The fourth-order valence-electron chi connectivity index (χ4n) is 2.70. The van der Waals surface area contributed by atoms with Crippen LogP contribution in [0.4, 0.5) is 4.39 Å². The van der Waals surface area contributed by atoms with Gasteiger partial charge in [0.1, 0.15) is 5.82 Å². The summed E-state index contributed by atoms with van der Waals surface area (Å²) < 4.78 is 13.9. The van der Waals surface area contributed by atoms with Crippen LogP contribution in [0.1, 0.15) is 38.3 Å². The van der Waals surface area contributed by atoms with E-state index in [0.717, 1.165) is 0 Å². The zero-order valence-corrected chi connectivity index (χ0v) is 12.6. The lowest BCUT2D eigenvalue weighted by Crippen LogP contribution is -2.49. The maximum atomic E-state index is 13.9. The van der Waals surface area contributed by atoms with Crippen molar-refractivity contribution in [3.05, 3.63) is 35.6 Å². The number of nitrogens with one attached hydrogen (secondary N) is 1. The van der Waals surface area contributed by atoms with Gasteiger partial charge in [0.25, 0.3) is 0 Å². The second-order valence-corrected chi connectivity index (χ2v) is 6.28. The highest BCUT2D eigenvalue weighted by Crippen LogP contribution is 2.32. The molecule has 1 aromatic carbocycles. The van der Waals surface area contributed by atoms with Crippen molar-refractivity contribution in [3.8, 4) is 0 Å². The Morgan fingerprint density at radius 3 is 2.33 bits per heavy atom. The molecule has 0 radical (unpaired) electrons. The van der Waals surface area contributed by atoms with Crippen LogP contribution >= 0.6 is 0 Å². The summed E-state index contributed by atoms with van der Waals surface area (Å²) >= 11 is 0. The lowest BCUT2D eigenvalue weighted by Gasteiger charge is -2.36. The largest absolute Gasteiger partial charge is 0.311 e. The molecule has 0 spiro atoms. The maximum absolute atomic E-state index is 13.9. The number of imide groups is 1. The number of piperidine rings is 1. The van der Waals surface area contributed by atoms with Gasteiger partial charge in [0.2, 0.25) is 11.8 Å². The molecular formula is C16H21FN2O2. The van der Waals surface area contributed by atoms with Crippen LogP contribution < -0.4 is 5.32 Å². The Kier molecular flexibility index (Phi) is 4.42. The Balaban J connectivity index is 2.18. The molecule has 1 unspecified atom stereocenters. The summed E-state index contributed by atoms with van der Waals surface area (Å²) in [6.07, 6.45) is 0.679. The van der Waals surface area contributed by atoms with Crippen LogP contribution in [-0.2, 0) is 9.59 Å². The van der Waals surface area contributed by atoms with Crippen molar-refractivity contribution in [1.29, 1.82) is 0 Å². The minimum absolute atomic E-state index is 0.158. The van der Waals surface area contributed by atoms with Crippen LogP contribution in [0, 0.1) is 11.2 Å². The number of hydrogen-bond donors (Lipinski definition) is 1. The Hall–Kier alpha value is -1.75. The standard InChI is InChI=1S/C16H21FN2O2/c1-16(2)8-14(20)19(15(21)9-16)10-13(18-3)11-6-4-5-7-12(11)17/h4-7,13,18H,8-10H2,1-3H3. The third-order valence-electron chi connectivity index (χ3n) is 3.86. The summed E-state index contributed by atoms with van der Waals surface area (Å²) in [5.41, 5.74) is 0.170. The first kappa shape index (κ1) is 15.6. The molecule has 1 aliphatic heterocycles. The number of amides is 2. The average molecular weight is 292 g/mol. The second-order valence-electron chi connectivity index (χ2n) is 6.28. The molecule has 4 nitrogen and oxygen atoms in total. The monoisotopic (exact) mass is 292 g/mol. The van der Waals surface area contributed by atoms with Crippen LogP contribution in [0.2, 0.25) is 0 Å². The molecule has 0 aliphatic carbocycles. The van der Waals surface area contributed by atoms with Gasteiger partial charge in [-0.15, -0.1) is 0 Å². The van der Waals surface area contributed by atoms with Gasteiger partial charge < -0.3 is 5.32 Å². The molecule has 2 amide bonds. The number of benzene rings is 1. The summed E-state index contributed by atoms with van der Waals surface area (Å²) in [6.45, 7) is 3.98. The van der Waals surface area contributed by atoms with Crippen LogP contribution in [-0.4, -0.2) is 30.3 Å². The first-order valence-corrected chi connectivity index (χ1v) is 7.09. The van der Waals surface area contributed by atoms with E-state index in [2.05, 4.69) is 5.32 Å². The summed E-state index contributed by atoms with van der Waals surface area (Å²) in [7, 11) is 1.69. The van der Waals surface area contributed by atoms with Gasteiger partial charge in [-0.2, -0.15) is 0 Å². The van der Waals surface area contributed by atoms with Crippen LogP contribution in [0.25, 0.3) is 0 Å². The molecular weight excluding hydrogens is 271 g/mol. The summed E-state index contributed by atoms with van der Waals surface area (Å²) in [4.78, 5) is 25.6. The van der Waals surface area contributed by atoms with Gasteiger partial charge in [-0.25, -0.2) is 4.39 Å². The third-order valence-corrected chi connectivity index (χ3v) is 3.86. The van der Waals surface area contributed by atoms with E-state index in [1.807, 2.05) is 13.8 Å². The molecule has 1 fully saturated rings. The van der Waals surface area contributed by atoms with E-state index in [1.165, 1.54) is 11.0 Å². The highest BCUT2D eigenvalue weighted by Gasteiger charge is 2.38. The molecule has 0 bridgehead atoms. The van der Waals surface area contributed by atoms with E-state index >= 15 is 0 Å². The van der Waals surface area contributed by atoms with Gasteiger partial charge >= 0.3 is 0 Å². The van der Waals surface area contributed by atoms with Gasteiger partial charge in [0.15, 0.2) is 0 Å². The minimum Gasteiger partial charge on any atom is -0.311 e. The van der Waals surface area contributed by atoms with Gasteiger partial charge in [-0.05, 0) is 18.5 Å². The minimum atomic E-state index is -0.402. The number of hydrogen-bond acceptors (Lipinski definition) is 3. The van der Waals surface area contributed by atoms with E-state index in [4.69, 9.17) is 0 Å². The SMILES string of the molecule is CNC(CN1C(=O)CC(C)(C)CC1=O)c1ccccc1F. The van der Waals surface area contributed by atoms with Crippen LogP contribution in [0.3, 0.4) is 0 Å². The fraction of sp³-hybridized carbons (Fsp3) is 0.500. The number of nitrogens with zero attached hydrogens (tertiary/aromatic N) is 1. The predicted octanol–water partition coefficient (Wildman–Crippen LogP) is 2.26. The van der Waals surface area contributed by atoms with Gasteiger partial charge in [-0.1, -0.05) is 32.0 Å². The van der Waals surface area contributed by atoms with E-state index in [0.29, 0.717) is 18.4 Å². The van der Waals surface area contributed by atoms with Gasteiger partial charge in [0, 0.05) is 24.9 Å². The first-order chi connectivity index (χ1) is 9.84. The summed E-state index contributed by atoms with van der Waals surface area (Å²) in [6, 6.07) is 6.00. The predicted molar refractivity (Wildman–Crippen MR) is 77.9 cm³/mol. The number of likely N-dealkylation sites (N-methyl/N-ethyl adjacent to an activating group) is 1. The number of carbonyl (C=O) groups is 2. The smallest absolute Gasteiger partial charge is 0.229 e. The van der Waals surface area contributed by atoms with E-state index < -0.39 is 6.04 Å². The van der Waals surface area contributed by atoms with Crippen LogP contribution in [0.15, 0.2) is 24.3 Å². The highest BCUT2D eigenvalue weighted by molar-refractivity contribution is 5.98. The summed E-state index contributed by atoms with van der Waals surface area (Å²) in [5, 5.41) is 2.98. The molecule has 0 saturated carbocycles. The fourth-order valence-corrected chi connectivity index (χ4v) is 2.70. The zero-order chi connectivity index (χ0) is 15.6. The lowest BCUT2D eigenvalue weighted by atomic mass is 9.81. The maximum Gasteiger partial charge on any atom is 0.229 e. The lowest BCUT2D eigenvalue weighted by molar-refractivity contribution is -0.152. The Morgan fingerprint density at radius 1 is 1.24 bits per heavy atom. The van der Waals surface area contributed by atoms with Crippen molar-refractivity contribution in [1.82, 2.24) is 10.2 Å². The molecule has 5 heteroatoms. The van der Waals surface area contributed by atoms with Crippen molar-refractivity contribution in [2.45, 2.75) is 32.7 Å². The van der Waals surface area contributed by atoms with E-state index in [1.54, 1.807) is 25.2 Å². The molecule has 0 aromatic heterocycles. The Bertz CT molecular complexity index is 537.